The summed E-state index contributed by atoms with van der Waals surface area (Å²) in [6, 6.07) is 20.6. The summed E-state index contributed by atoms with van der Waals surface area (Å²) >= 11 is 6.13. The van der Waals surface area contributed by atoms with E-state index in [2.05, 4.69) is 4.98 Å². The van der Waals surface area contributed by atoms with Crippen molar-refractivity contribution >= 4 is 34.1 Å². The lowest BCUT2D eigenvalue weighted by molar-refractivity contribution is 0.0985. The van der Waals surface area contributed by atoms with Crippen LogP contribution >= 0.6 is 11.6 Å². The number of aromatic amines is 1. The van der Waals surface area contributed by atoms with Crippen LogP contribution in [0.25, 0.3) is 10.9 Å². The SMILES string of the molecule is Cc1ccc(C)c(N(Cc2cc3ccc(C)cc3[nH]c2=O)C(=O)c2cccc(Cl)c2)c1. The Morgan fingerprint density at radius 2 is 1.68 bits per heavy atom. The van der Waals surface area contributed by atoms with E-state index in [1.54, 1.807) is 29.2 Å². The zero-order valence-electron chi connectivity index (χ0n) is 17.7. The van der Waals surface area contributed by atoms with Gasteiger partial charge in [-0.1, -0.05) is 41.9 Å². The average molecular weight is 431 g/mol. The third-order valence-electron chi connectivity index (χ3n) is 5.38. The standard InChI is InChI=1S/C26H23ClN2O2/c1-16-8-10-19-13-21(25(30)28-23(19)11-16)15-29(24-12-17(2)7-9-18(24)3)26(31)20-5-4-6-22(27)14-20/h4-14H,15H2,1-3H3,(H,28,30). The second-order valence-corrected chi connectivity index (χ2v) is 8.34. The Morgan fingerprint density at radius 3 is 2.45 bits per heavy atom. The largest absolute Gasteiger partial charge is 0.322 e. The molecule has 0 unspecified atom stereocenters. The number of fused-ring (bicyclic) bond motifs is 1. The summed E-state index contributed by atoms with van der Waals surface area (Å²) in [5.74, 6) is -0.209. The summed E-state index contributed by atoms with van der Waals surface area (Å²) in [6.45, 7) is 6.07. The van der Waals surface area contributed by atoms with E-state index >= 15 is 0 Å². The van der Waals surface area contributed by atoms with Gasteiger partial charge in [0.2, 0.25) is 0 Å². The molecule has 0 saturated heterocycles. The van der Waals surface area contributed by atoms with Gasteiger partial charge in [-0.25, -0.2) is 0 Å². The van der Waals surface area contributed by atoms with Crippen LogP contribution in [0.4, 0.5) is 5.69 Å². The van der Waals surface area contributed by atoms with Gasteiger partial charge in [-0.15, -0.1) is 0 Å². The maximum atomic E-state index is 13.5. The first-order valence-corrected chi connectivity index (χ1v) is 10.5. The van der Waals surface area contributed by atoms with Crippen molar-refractivity contribution in [3.8, 4) is 0 Å². The molecular weight excluding hydrogens is 408 g/mol. The number of hydrogen-bond acceptors (Lipinski definition) is 2. The van der Waals surface area contributed by atoms with Crippen molar-refractivity contribution in [2.45, 2.75) is 27.3 Å². The molecular formula is C26H23ClN2O2. The van der Waals surface area contributed by atoms with Crippen LogP contribution in [0.2, 0.25) is 5.02 Å². The normalized spacial score (nSPS) is 11.0. The number of carbonyl (C=O) groups is 1. The van der Waals surface area contributed by atoms with Crippen LogP contribution in [-0.2, 0) is 6.54 Å². The molecule has 1 amide bonds. The molecule has 4 aromatic rings. The summed E-state index contributed by atoms with van der Waals surface area (Å²) in [5.41, 5.74) is 5.41. The molecule has 0 radical (unpaired) electrons. The molecule has 0 aliphatic rings. The second-order valence-electron chi connectivity index (χ2n) is 7.91. The first kappa shape index (κ1) is 20.9. The van der Waals surface area contributed by atoms with E-state index in [1.807, 2.05) is 63.2 Å². The van der Waals surface area contributed by atoms with E-state index < -0.39 is 0 Å². The highest BCUT2D eigenvalue weighted by Crippen LogP contribution is 2.26. The Morgan fingerprint density at radius 1 is 0.935 bits per heavy atom. The fourth-order valence-corrected chi connectivity index (χ4v) is 3.89. The molecule has 0 spiro atoms. The summed E-state index contributed by atoms with van der Waals surface area (Å²) in [7, 11) is 0. The van der Waals surface area contributed by atoms with Crippen LogP contribution in [-0.4, -0.2) is 10.9 Å². The average Bonchev–Trinajstić information content (AvgIpc) is 2.73. The molecule has 4 nitrogen and oxygen atoms in total. The van der Waals surface area contributed by atoms with Crippen LogP contribution in [0.3, 0.4) is 0 Å². The molecule has 0 atom stereocenters. The van der Waals surface area contributed by atoms with E-state index in [4.69, 9.17) is 11.6 Å². The van der Waals surface area contributed by atoms with Gasteiger partial charge in [0, 0.05) is 27.4 Å². The lowest BCUT2D eigenvalue weighted by Gasteiger charge is -2.25. The predicted octanol–water partition coefficient (Wildman–Crippen LogP) is 5.95. The Kier molecular flexibility index (Phi) is 5.66. The molecule has 0 saturated carbocycles. The van der Waals surface area contributed by atoms with Gasteiger partial charge in [0.25, 0.3) is 11.5 Å². The van der Waals surface area contributed by atoms with Crippen LogP contribution < -0.4 is 10.5 Å². The molecule has 1 aromatic heterocycles. The number of nitrogens with one attached hydrogen (secondary N) is 1. The number of aryl methyl sites for hydroxylation is 3. The zero-order chi connectivity index (χ0) is 22.1. The van der Waals surface area contributed by atoms with Crippen molar-refractivity contribution in [2.24, 2.45) is 0 Å². The number of hydrogen-bond donors (Lipinski definition) is 1. The number of anilines is 1. The maximum Gasteiger partial charge on any atom is 0.258 e. The van der Waals surface area contributed by atoms with Crippen LogP contribution in [0.1, 0.15) is 32.6 Å². The lowest BCUT2D eigenvalue weighted by atomic mass is 10.1. The van der Waals surface area contributed by atoms with E-state index in [0.29, 0.717) is 16.1 Å². The number of amides is 1. The van der Waals surface area contributed by atoms with Crippen molar-refractivity contribution in [3.63, 3.8) is 0 Å². The van der Waals surface area contributed by atoms with Crippen molar-refractivity contribution in [2.75, 3.05) is 4.90 Å². The molecule has 0 bridgehead atoms. The molecule has 0 aliphatic heterocycles. The monoisotopic (exact) mass is 430 g/mol. The molecule has 1 heterocycles. The Bertz CT molecular complexity index is 1360. The quantitative estimate of drug-likeness (QED) is 0.434. The fourth-order valence-electron chi connectivity index (χ4n) is 3.70. The molecule has 156 valence electrons. The molecule has 0 aliphatic carbocycles. The fraction of sp³-hybridized carbons (Fsp3) is 0.154. The van der Waals surface area contributed by atoms with Crippen LogP contribution in [0, 0.1) is 20.8 Å². The Balaban J connectivity index is 1.83. The van der Waals surface area contributed by atoms with Gasteiger partial charge in [0.1, 0.15) is 0 Å². The van der Waals surface area contributed by atoms with E-state index in [0.717, 1.165) is 33.3 Å². The number of carbonyl (C=O) groups excluding carboxylic acids is 1. The topological polar surface area (TPSA) is 53.2 Å². The highest BCUT2D eigenvalue weighted by atomic mass is 35.5. The maximum absolute atomic E-state index is 13.5. The third-order valence-corrected chi connectivity index (χ3v) is 5.61. The lowest BCUT2D eigenvalue weighted by Crippen LogP contribution is -2.33. The smallest absolute Gasteiger partial charge is 0.258 e. The molecule has 5 heteroatoms. The van der Waals surface area contributed by atoms with Gasteiger partial charge < -0.3 is 9.88 Å². The summed E-state index contributed by atoms with van der Waals surface area (Å²) in [6.07, 6.45) is 0. The molecule has 0 fully saturated rings. The van der Waals surface area contributed by atoms with Crippen molar-refractivity contribution in [1.82, 2.24) is 4.98 Å². The highest BCUT2D eigenvalue weighted by Gasteiger charge is 2.22. The molecule has 4 rings (SSSR count). The van der Waals surface area contributed by atoms with Crippen molar-refractivity contribution in [3.05, 3.63) is 110 Å². The van der Waals surface area contributed by atoms with E-state index in [1.165, 1.54) is 0 Å². The zero-order valence-corrected chi connectivity index (χ0v) is 18.5. The summed E-state index contributed by atoms with van der Waals surface area (Å²) in [5, 5.41) is 1.42. The number of aromatic nitrogens is 1. The van der Waals surface area contributed by atoms with Crippen molar-refractivity contribution < 1.29 is 4.79 Å². The van der Waals surface area contributed by atoms with Crippen LogP contribution in [0.15, 0.2) is 71.5 Å². The van der Waals surface area contributed by atoms with Gasteiger partial charge in [-0.05, 0) is 79.2 Å². The number of halogens is 1. The number of rotatable bonds is 4. The van der Waals surface area contributed by atoms with Gasteiger partial charge in [0.05, 0.1) is 6.54 Å². The van der Waals surface area contributed by atoms with Gasteiger partial charge in [0.15, 0.2) is 0 Å². The number of H-pyrrole nitrogens is 1. The van der Waals surface area contributed by atoms with Crippen LogP contribution in [0.5, 0.6) is 0 Å². The minimum Gasteiger partial charge on any atom is -0.322 e. The predicted molar refractivity (Wildman–Crippen MR) is 127 cm³/mol. The first-order valence-electron chi connectivity index (χ1n) is 10.1. The minimum absolute atomic E-state index is 0.148. The van der Waals surface area contributed by atoms with Gasteiger partial charge in [-0.2, -0.15) is 0 Å². The Hall–Kier alpha value is -3.37. The molecule has 31 heavy (non-hydrogen) atoms. The summed E-state index contributed by atoms with van der Waals surface area (Å²) in [4.78, 5) is 31.0. The molecule has 3 aromatic carbocycles. The van der Waals surface area contributed by atoms with Crippen molar-refractivity contribution in [1.29, 1.82) is 0 Å². The van der Waals surface area contributed by atoms with E-state index in [9.17, 15) is 9.59 Å². The van der Waals surface area contributed by atoms with Gasteiger partial charge >= 0.3 is 0 Å². The molecule has 1 N–H and O–H groups in total. The Labute approximate surface area is 186 Å². The second kappa shape index (κ2) is 8.40. The van der Waals surface area contributed by atoms with Gasteiger partial charge in [-0.3, -0.25) is 9.59 Å². The van der Waals surface area contributed by atoms with E-state index in [-0.39, 0.29) is 18.0 Å². The summed E-state index contributed by atoms with van der Waals surface area (Å²) < 4.78 is 0. The number of pyridine rings is 1. The number of benzene rings is 3. The number of nitrogens with zero attached hydrogens (tertiary/aromatic N) is 1. The third kappa shape index (κ3) is 4.39. The highest BCUT2D eigenvalue weighted by molar-refractivity contribution is 6.31. The first-order chi connectivity index (χ1) is 14.8. The minimum atomic E-state index is -0.209.